The van der Waals surface area contributed by atoms with Crippen molar-refractivity contribution in [3.63, 3.8) is 0 Å². The number of aromatic nitrogens is 4. The van der Waals surface area contributed by atoms with Crippen molar-refractivity contribution < 1.29 is 4.79 Å². The fourth-order valence-corrected chi connectivity index (χ4v) is 5.48. The molecule has 0 aliphatic heterocycles. The fourth-order valence-electron chi connectivity index (χ4n) is 3.27. The second-order valence-electron chi connectivity index (χ2n) is 7.00. The summed E-state index contributed by atoms with van der Waals surface area (Å²) in [5, 5.41) is 12.1. The van der Waals surface area contributed by atoms with Gasteiger partial charge < -0.3 is 0 Å². The molecule has 0 saturated heterocycles. The normalized spacial score (nSPS) is 11.0. The van der Waals surface area contributed by atoms with E-state index in [0.29, 0.717) is 21.6 Å². The Morgan fingerprint density at radius 1 is 1.23 bits per heavy atom. The molecule has 1 amide bonds. The number of halogens is 1. The lowest BCUT2D eigenvalue weighted by molar-refractivity contribution is -0.115. The van der Waals surface area contributed by atoms with Crippen molar-refractivity contribution in [3.05, 3.63) is 76.0 Å². The van der Waals surface area contributed by atoms with E-state index in [1.54, 1.807) is 23.0 Å². The Bertz CT molecular complexity index is 1200. The summed E-state index contributed by atoms with van der Waals surface area (Å²) in [5.74, 6) is 0.472. The highest BCUT2D eigenvalue weighted by Gasteiger charge is 2.23. The van der Waals surface area contributed by atoms with E-state index in [2.05, 4.69) is 10.2 Å². The Balaban J connectivity index is 1.56. The van der Waals surface area contributed by atoms with Crippen molar-refractivity contribution in [2.24, 2.45) is 0 Å². The quantitative estimate of drug-likeness (QED) is 0.325. The third-order valence-electron chi connectivity index (χ3n) is 4.57. The number of nitrogens with zero attached hydrogens (tertiary/aromatic N) is 5. The number of carbonyl (C=O) groups excluding carboxylic acids is 1. The van der Waals surface area contributed by atoms with Crippen LogP contribution in [-0.2, 0) is 10.5 Å². The topological polar surface area (TPSA) is 63.9 Å². The summed E-state index contributed by atoms with van der Waals surface area (Å²) in [6, 6.07) is 13.8. The van der Waals surface area contributed by atoms with Crippen LogP contribution >= 0.6 is 34.7 Å². The molecule has 0 N–H and O–H groups in total. The summed E-state index contributed by atoms with van der Waals surface area (Å²) >= 11 is 9.46. The molecule has 158 valence electrons. The summed E-state index contributed by atoms with van der Waals surface area (Å²) in [4.78, 5) is 18.8. The molecule has 4 aromatic rings. The molecule has 0 radical (unpaired) electrons. The lowest BCUT2D eigenvalue weighted by atomic mass is 10.1. The lowest BCUT2D eigenvalue weighted by Gasteiger charge is -2.22. The van der Waals surface area contributed by atoms with Gasteiger partial charge in [-0.05, 0) is 43.2 Å². The first-order chi connectivity index (χ1) is 14.9. The molecule has 2 heterocycles. The van der Waals surface area contributed by atoms with E-state index in [1.165, 1.54) is 18.3 Å². The van der Waals surface area contributed by atoms with Crippen LogP contribution in [0.15, 0.2) is 59.3 Å². The maximum Gasteiger partial charge on any atom is 0.230 e. The van der Waals surface area contributed by atoms with Crippen LogP contribution in [-0.4, -0.2) is 25.7 Å². The zero-order valence-corrected chi connectivity index (χ0v) is 19.6. The second-order valence-corrected chi connectivity index (χ2v) is 9.18. The highest BCUT2D eigenvalue weighted by atomic mass is 35.5. The van der Waals surface area contributed by atoms with E-state index in [-0.39, 0.29) is 5.91 Å². The first kappa shape index (κ1) is 21.5. The number of amides is 1. The molecule has 0 saturated carbocycles. The predicted molar refractivity (Wildman–Crippen MR) is 127 cm³/mol. The number of anilines is 2. The Kier molecular flexibility index (Phi) is 6.41. The second kappa shape index (κ2) is 9.21. The Morgan fingerprint density at radius 3 is 2.71 bits per heavy atom. The first-order valence-electron chi connectivity index (χ1n) is 9.54. The van der Waals surface area contributed by atoms with Crippen molar-refractivity contribution in [1.29, 1.82) is 0 Å². The van der Waals surface area contributed by atoms with E-state index in [9.17, 15) is 4.79 Å². The van der Waals surface area contributed by atoms with Gasteiger partial charge in [-0.3, -0.25) is 14.3 Å². The molecular formula is C22H20ClN5OS2. The van der Waals surface area contributed by atoms with Crippen molar-refractivity contribution >= 4 is 51.4 Å². The molecule has 0 aliphatic carbocycles. The van der Waals surface area contributed by atoms with Gasteiger partial charge >= 0.3 is 0 Å². The first-order valence-corrected chi connectivity index (χ1v) is 11.8. The average molecular weight is 470 g/mol. The molecule has 0 unspecified atom stereocenters. The monoisotopic (exact) mass is 469 g/mol. The van der Waals surface area contributed by atoms with Gasteiger partial charge in [0.2, 0.25) is 5.91 Å². The van der Waals surface area contributed by atoms with E-state index < -0.39 is 0 Å². The van der Waals surface area contributed by atoms with Crippen LogP contribution in [0.25, 0.3) is 5.69 Å². The van der Waals surface area contributed by atoms with Gasteiger partial charge in [0.25, 0.3) is 0 Å². The van der Waals surface area contributed by atoms with Gasteiger partial charge in [0.15, 0.2) is 10.3 Å². The molecule has 6 nitrogen and oxygen atoms in total. The number of carbonyl (C=O) groups is 1. The minimum absolute atomic E-state index is 0.133. The fraction of sp³-hybridized carbons (Fsp3) is 0.182. The van der Waals surface area contributed by atoms with E-state index >= 15 is 0 Å². The minimum Gasteiger partial charge on any atom is -0.277 e. The number of hydrogen-bond donors (Lipinski definition) is 0. The van der Waals surface area contributed by atoms with Gasteiger partial charge in [-0.15, -0.1) is 21.5 Å². The number of thiazole rings is 1. The lowest BCUT2D eigenvalue weighted by Crippen LogP contribution is -2.24. The maximum absolute atomic E-state index is 12.5. The molecule has 31 heavy (non-hydrogen) atoms. The zero-order chi connectivity index (χ0) is 22.0. The minimum atomic E-state index is -0.133. The number of thioether (sulfide) groups is 1. The van der Waals surface area contributed by atoms with Crippen LogP contribution in [0.3, 0.4) is 0 Å². The number of hydrogen-bond acceptors (Lipinski definition) is 6. The van der Waals surface area contributed by atoms with Crippen LogP contribution in [0.2, 0.25) is 5.02 Å². The van der Waals surface area contributed by atoms with Gasteiger partial charge in [-0.2, -0.15) is 0 Å². The smallest absolute Gasteiger partial charge is 0.230 e. The van der Waals surface area contributed by atoms with Gasteiger partial charge in [0, 0.05) is 23.7 Å². The van der Waals surface area contributed by atoms with E-state index in [0.717, 1.165) is 27.7 Å². The molecule has 0 bridgehead atoms. The summed E-state index contributed by atoms with van der Waals surface area (Å²) in [5.41, 5.74) is 4.52. The Labute approximate surface area is 193 Å². The summed E-state index contributed by atoms with van der Waals surface area (Å²) in [6.45, 7) is 5.45. The van der Waals surface area contributed by atoms with Crippen LogP contribution in [0.5, 0.6) is 0 Å². The molecule has 0 fully saturated rings. The number of benzene rings is 2. The summed E-state index contributed by atoms with van der Waals surface area (Å²) < 4.78 is 1.94. The van der Waals surface area contributed by atoms with Crippen LogP contribution in [0.1, 0.15) is 23.7 Å². The molecule has 4 rings (SSSR count). The average Bonchev–Trinajstić information content (AvgIpc) is 3.38. The van der Waals surface area contributed by atoms with Crippen molar-refractivity contribution in [2.75, 3.05) is 4.90 Å². The van der Waals surface area contributed by atoms with Crippen molar-refractivity contribution in [2.45, 2.75) is 31.7 Å². The molecular weight excluding hydrogens is 450 g/mol. The highest BCUT2D eigenvalue weighted by molar-refractivity contribution is 7.98. The van der Waals surface area contributed by atoms with Crippen LogP contribution < -0.4 is 4.90 Å². The third kappa shape index (κ3) is 4.66. The Hall–Kier alpha value is -2.68. The third-order valence-corrected chi connectivity index (χ3v) is 6.71. The highest BCUT2D eigenvalue weighted by Crippen LogP contribution is 2.38. The molecule has 2 aromatic heterocycles. The van der Waals surface area contributed by atoms with Crippen molar-refractivity contribution in [3.8, 4) is 5.69 Å². The number of rotatable bonds is 6. The summed E-state index contributed by atoms with van der Waals surface area (Å²) in [6.07, 6.45) is 1.70. The van der Waals surface area contributed by atoms with Gasteiger partial charge in [-0.25, -0.2) is 4.98 Å². The van der Waals surface area contributed by atoms with Gasteiger partial charge in [0.1, 0.15) is 6.33 Å². The van der Waals surface area contributed by atoms with Gasteiger partial charge in [0.05, 0.1) is 16.4 Å². The maximum atomic E-state index is 12.5. The molecule has 2 aromatic carbocycles. The van der Waals surface area contributed by atoms with Crippen LogP contribution in [0, 0.1) is 13.8 Å². The van der Waals surface area contributed by atoms with E-state index in [4.69, 9.17) is 16.6 Å². The van der Waals surface area contributed by atoms with Gasteiger partial charge in [-0.1, -0.05) is 47.6 Å². The molecule has 0 aliphatic rings. The standard InChI is InChI=1S/C22H20ClN5OS2/c1-14-9-15(2)20(19(23)10-14)28(16(3)29)21-25-17(11-30-21)12-31-22-26-24-13-27(22)18-7-5-4-6-8-18/h4-11,13H,12H2,1-3H3. The van der Waals surface area contributed by atoms with Crippen LogP contribution in [0.4, 0.5) is 10.8 Å². The number of aryl methyl sites for hydroxylation is 2. The Morgan fingerprint density at radius 2 is 2.00 bits per heavy atom. The van der Waals surface area contributed by atoms with E-state index in [1.807, 2.05) is 66.3 Å². The SMILES string of the molecule is CC(=O)N(c1nc(CSc2nncn2-c2ccccc2)cs1)c1c(C)cc(C)cc1Cl. The molecule has 0 spiro atoms. The predicted octanol–water partition coefficient (Wildman–Crippen LogP) is 5.97. The largest absolute Gasteiger partial charge is 0.277 e. The van der Waals surface area contributed by atoms with Crippen molar-refractivity contribution in [1.82, 2.24) is 19.7 Å². The molecule has 9 heteroatoms. The zero-order valence-electron chi connectivity index (χ0n) is 17.2. The number of para-hydroxylation sites is 1. The molecule has 0 atom stereocenters. The summed E-state index contributed by atoms with van der Waals surface area (Å²) in [7, 11) is 0.